The normalized spacial score (nSPS) is 13.3. The topological polar surface area (TPSA) is 74.4 Å². The van der Waals surface area contributed by atoms with E-state index >= 15 is 0 Å². The predicted molar refractivity (Wildman–Crippen MR) is 101 cm³/mol. The van der Waals surface area contributed by atoms with Gasteiger partial charge in [0.05, 0.1) is 16.0 Å². The molecule has 1 aliphatic rings. The zero-order valence-corrected chi connectivity index (χ0v) is 15.6. The lowest BCUT2D eigenvalue weighted by Crippen LogP contribution is -2.35. The standard InChI is InChI=1S/C20H18N3O3S/c1-13-17(8-9-24)27-12-22(13)11-14-6-7-18(21-10-14)23-19(25)15-4-2-3-5-16(15)20(23)26/h2-7,10,12,24H,8-9,11H2,1H3/q+1. The molecule has 27 heavy (non-hydrogen) atoms. The van der Waals surface area contributed by atoms with E-state index in [1.165, 1.54) is 0 Å². The Morgan fingerprint density at radius 3 is 2.41 bits per heavy atom. The van der Waals surface area contributed by atoms with Gasteiger partial charge in [-0.1, -0.05) is 23.5 Å². The van der Waals surface area contributed by atoms with E-state index in [1.807, 2.05) is 18.5 Å². The molecule has 3 aromatic rings. The van der Waals surface area contributed by atoms with Gasteiger partial charge in [0.1, 0.15) is 5.82 Å². The highest BCUT2D eigenvalue weighted by Gasteiger charge is 2.37. The van der Waals surface area contributed by atoms with E-state index in [0.29, 0.717) is 29.9 Å². The first-order valence-electron chi connectivity index (χ1n) is 8.60. The Bertz CT molecular complexity index is 992. The summed E-state index contributed by atoms with van der Waals surface area (Å²) < 4.78 is 2.11. The molecule has 0 aliphatic carbocycles. The number of benzene rings is 1. The lowest BCUT2D eigenvalue weighted by molar-refractivity contribution is -0.689. The van der Waals surface area contributed by atoms with Gasteiger partial charge in [-0.3, -0.25) is 9.59 Å². The van der Waals surface area contributed by atoms with Gasteiger partial charge < -0.3 is 5.11 Å². The lowest BCUT2D eigenvalue weighted by Gasteiger charge is -2.12. The van der Waals surface area contributed by atoms with Gasteiger partial charge in [-0.05, 0) is 24.3 Å². The van der Waals surface area contributed by atoms with Crippen molar-refractivity contribution in [1.29, 1.82) is 0 Å². The molecule has 7 heteroatoms. The molecule has 0 saturated heterocycles. The third-order valence-corrected chi connectivity index (χ3v) is 5.82. The largest absolute Gasteiger partial charge is 0.396 e. The van der Waals surface area contributed by atoms with Gasteiger partial charge in [-0.15, -0.1) is 0 Å². The van der Waals surface area contributed by atoms with Crippen LogP contribution in [-0.4, -0.2) is 28.5 Å². The highest BCUT2D eigenvalue weighted by molar-refractivity contribution is 7.09. The number of imide groups is 1. The fourth-order valence-corrected chi connectivity index (χ4v) is 4.17. The smallest absolute Gasteiger partial charge is 0.267 e. The molecule has 2 aromatic heterocycles. The second-order valence-corrected chi connectivity index (χ2v) is 7.29. The van der Waals surface area contributed by atoms with Crippen molar-refractivity contribution in [2.45, 2.75) is 19.9 Å². The van der Waals surface area contributed by atoms with E-state index in [1.54, 1.807) is 47.9 Å². The van der Waals surface area contributed by atoms with Crippen molar-refractivity contribution in [3.8, 4) is 0 Å². The molecule has 1 N–H and O–H groups in total. The molecule has 0 atom stereocenters. The molecule has 3 heterocycles. The molecule has 136 valence electrons. The first-order valence-corrected chi connectivity index (χ1v) is 9.48. The summed E-state index contributed by atoms with van der Waals surface area (Å²) in [6, 6.07) is 10.4. The van der Waals surface area contributed by atoms with Crippen LogP contribution in [0.2, 0.25) is 0 Å². The van der Waals surface area contributed by atoms with Crippen LogP contribution >= 0.6 is 11.3 Å². The number of fused-ring (bicyclic) bond motifs is 1. The maximum atomic E-state index is 12.5. The second kappa shape index (κ2) is 7.02. The van der Waals surface area contributed by atoms with Crippen molar-refractivity contribution >= 4 is 29.0 Å². The lowest BCUT2D eigenvalue weighted by atomic mass is 10.1. The highest BCUT2D eigenvalue weighted by atomic mass is 32.1. The van der Waals surface area contributed by atoms with Crippen LogP contribution in [0.15, 0.2) is 48.1 Å². The number of thiazole rings is 1. The third kappa shape index (κ3) is 3.05. The van der Waals surface area contributed by atoms with Crippen molar-refractivity contribution < 1.29 is 19.3 Å². The van der Waals surface area contributed by atoms with Gasteiger partial charge in [0, 0.05) is 31.7 Å². The van der Waals surface area contributed by atoms with E-state index in [-0.39, 0.29) is 18.4 Å². The molecular formula is C20H18N3O3S+. The molecule has 0 saturated carbocycles. The molecule has 1 aliphatic heterocycles. The van der Waals surface area contributed by atoms with Gasteiger partial charge >= 0.3 is 0 Å². The zero-order valence-electron chi connectivity index (χ0n) is 14.8. The van der Waals surface area contributed by atoms with Gasteiger partial charge in [0.15, 0.2) is 12.2 Å². The number of anilines is 1. The summed E-state index contributed by atoms with van der Waals surface area (Å²) >= 11 is 1.62. The number of aromatic nitrogens is 2. The van der Waals surface area contributed by atoms with Crippen molar-refractivity contribution in [3.63, 3.8) is 0 Å². The van der Waals surface area contributed by atoms with Crippen LogP contribution in [0.5, 0.6) is 0 Å². The fourth-order valence-electron chi connectivity index (χ4n) is 3.19. The van der Waals surface area contributed by atoms with E-state index in [9.17, 15) is 9.59 Å². The molecule has 6 nitrogen and oxygen atoms in total. The van der Waals surface area contributed by atoms with Crippen LogP contribution in [0, 0.1) is 6.92 Å². The molecule has 0 bridgehead atoms. The van der Waals surface area contributed by atoms with Crippen LogP contribution in [-0.2, 0) is 13.0 Å². The Labute approximate surface area is 160 Å². The van der Waals surface area contributed by atoms with E-state index in [0.717, 1.165) is 21.0 Å². The summed E-state index contributed by atoms with van der Waals surface area (Å²) in [5, 5.41) is 9.11. The fraction of sp³-hybridized carbons (Fsp3) is 0.200. The average Bonchev–Trinajstić information content (AvgIpc) is 3.15. The van der Waals surface area contributed by atoms with E-state index < -0.39 is 0 Å². The summed E-state index contributed by atoms with van der Waals surface area (Å²) in [6.07, 6.45) is 2.34. The Balaban J connectivity index is 1.55. The van der Waals surface area contributed by atoms with Gasteiger partial charge in [-0.25, -0.2) is 9.88 Å². The Kier molecular flexibility index (Phi) is 4.55. The number of carbonyl (C=O) groups excluding carboxylic acids is 2. The number of hydrogen-bond acceptors (Lipinski definition) is 5. The van der Waals surface area contributed by atoms with Crippen LogP contribution in [0.1, 0.15) is 36.9 Å². The molecule has 4 rings (SSSR count). The van der Waals surface area contributed by atoms with Crippen molar-refractivity contribution in [3.05, 3.63) is 75.4 Å². The van der Waals surface area contributed by atoms with Crippen molar-refractivity contribution in [1.82, 2.24) is 4.98 Å². The van der Waals surface area contributed by atoms with E-state index in [4.69, 9.17) is 5.11 Å². The maximum Gasteiger partial charge on any atom is 0.267 e. The predicted octanol–water partition coefficient (Wildman–Crippen LogP) is 2.12. The maximum absolute atomic E-state index is 12.5. The Morgan fingerprint density at radius 2 is 1.81 bits per heavy atom. The molecule has 2 amide bonds. The summed E-state index contributed by atoms with van der Waals surface area (Å²) in [6.45, 7) is 2.81. The Hall–Kier alpha value is -2.90. The minimum Gasteiger partial charge on any atom is -0.396 e. The first kappa shape index (κ1) is 17.5. The number of aliphatic hydroxyl groups excluding tert-OH is 1. The number of amides is 2. The second-order valence-electron chi connectivity index (χ2n) is 6.35. The number of pyridine rings is 1. The number of carbonyl (C=O) groups is 2. The quantitative estimate of drug-likeness (QED) is 0.544. The van der Waals surface area contributed by atoms with Crippen LogP contribution in [0.4, 0.5) is 5.82 Å². The number of aliphatic hydroxyl groups is 1. The van der Waals surface area contributed by atoms with Gasteiger partial charge in [0.25, 0.3) is 11.8 Å². The van der Waals surface area contributed by atoms with Crippen molar-refractivity contribution in [2.75, 3.05) is 11.5 Å². The summed E-state index contributed by atoms with van der Waals surface area (Å²) in [5.41, 5.74) is 4.94. The molecule has 1 aromatic carbocycles. The Morgan fingerprint density at radius 1 is 1.11 bits per heavy atom. The highest BCUT2D eigenvalue weighted by Crippen LogP contribution is 2.26. The molecule has 0 radical (unpaired) electrons. The third-order valence-electron chi connectivity index (χ3n) is 4.68. The van der Waals surface area contributed by atoms with Gasteiger partial charge in [0.2, 0.25) is 5.51 Å². The number of rotatable bonds is 5. The minimum absolute atomic E-state index is 0.137. The molecule has 0 fully saturated rings. The summed E-state index contributed by atoms with van der Waals surface area (Å²) in [5.74, 6) is -0.349. The van der Waals surface area contributed by atoms with E-state index in [2.05, 4.69) is 9.55 Å². The number of hydrogen-bond donors (Lipinski definition) is 1. The monoisotopic (exact) mass is 380 g/mol. The van der Waals surface area contributed by atoms with Crippen LogP contribution < -0.4 is 9.47 Å². The molecular weight excluding hydrogens is 362 g/mol. The van der Waals surface area contributed by atoms with Crippen LogP contribution in [0.3, 0.4) is 0 Å². The molecule has 0 unspecified atom stereocenters. The SMILES string of the molecule is Cc1c(CCO)sc[n+]1Cc1ccc(N2C(=O)c3ccccc3C2=O)nc1. The average molecular weight is 380 g/mol. The van der Waals surface area contributed by atoms with Crippen LogP contribution in [0.25, 0.3) is 0 Å². The first-order chi connectivity index (χ1) is 13.1. The summed E-state index contributed by atoms with van der Waals surface area (Å²) in [7, 11) is 0. The number of nitrogens with zero attached hydrogens (tertiary/aromatic N) is 3. The minimum atomic E-state index is -0.340. The van der Waals surface area contributed by atoms with Gasteiger partial charge in [-0.2, -0.15) is 4.57 Å². The summed E-state index contributed by atoms with van der Waals surface area (Å²) in [4.78, 5) is 31.7. The van der Waals surface area contributed by atoms with Crippen molar-refractivity contribution in [2.24, 2.45) is 0 Å². The zero-order chi connectivity index (χ0) is 19.0. The molecule has 0 spiro atoms.